The highest BCUT2D eigenvalue weighted by Crippen LogP contribution is 2.28. The molecule has 0 saturated heterocycles. The maximum Gasteiger partial charge on any atom is 0.0595 e. The Bertz CT molecular complexity index is 598. The first kappa shape index (κ1) is 15.7. The van der Waals surface area contributed by atoms with E-state index in [9.17, 15) is 0 Å². The van der Waals surface area contributed by atoms with Crippen molar-refractivity contribution in [1.29, 1.82) is 0 Å². The van der Waals surface area contributed by atoms with Gasteiger partial charge in [-0.05, 0) is 43.2 Å². The summed E-state index contributed by atoms with van der Waals surface area (Å²) in [6, 6.07) is 13.8. The molecule has 0 aromatic heterocycles. The van der Waals surface area contributed by atoms with Gasteiger partial charge < -0.3 is 5.32 Å². The second-order valence-corrected chi connectivity index (χ2v) is 6.03. The quantitative estimate of drug-likeness (QED) is 0.719. The van der Waals surface area contributed by atoms with Crippen LogP contribution in [0.1, 0.15) is 37.1 Å². The molecular weight excluding hydrogens is 313 g/mol. The molecule has 2 atom stereocenters. The number of hydrogen-bond acceptors (Lipinski definition) is 1. The van der Waals surface area contributed by atoms with Crippen LogP contribution in [-0.2, 0) is 0 Å². The van der Waals surface area contributed by atoms with Crippen LogP contribution in [0.2, 0.25) is 15.1 Å². The molecule has 0 heterocycles. The summed E-state index contributed by atoms with van der Waals surface area (Å²) in [6.07, 6.45) is 0. The third-order valence-corrected chi connectivity index (χ3v) is 4.40. The van der Waals surface area contributed by atoms with Gasteiger partial charge in [0.2, 0.25) is 0 Å². The van der Waals surface area contributed by atoms with Crippen molar-refractivity contribution in [1.82, 2.24) is 5.32 Å². The first-order valence-corrected chi connectivity index (χ1v) is 7.58. The van der Waals surface area contributed by atoms with Crippen LogP contribution in [0.5, 0.6) is 0 Å². The Morgan fingerprint density at radius 3 is 2.15 bits per heavy atom. The molecule has 0 aliphatic carbocycles. The van der Waals surface area contributed by atoms with Gasteiger partial charge in [-0.1, -0.05) is 59.1 Å². The summed E-state index contributed by atoms with van der Waals surface area (Å²) in [7, 11) is 0. The smallest absolute Gasteiger partial charge is 0.0595 e. The molecule has 0 spiro atoms. The maximum atomic E-state index is 6.22. The molecule has 4 heteroatoms. The van der Waals surface area contributed by atoms with Crippen LogP contribution in [0.3, 0.4) is 0 Å². The molecule has 0 radical (unpaired) electrons. The molecule has 2 rings (SSSR count). The Hall–Kier alpha value is -0.730. The summed E-state index contributed by atoms with van der Waals surface area (Å²) in [6.45, 7) is 4.18. The predicted octanol–water partition coefficient (Wildman–Crippen LogP) is 6.06. The SMILES string of the molecule is CC(NC(C)c1ccccc1Cl)c1ccc(Cl)c(Cl)c1. The lowest BCUT2D eigenvalue weighted by molar-refractivity contribution is 0.495. The summed E-state index contributed by atoms with van der Waals surface area (Å²) in [5.74, 6) is 0. The van der Waals surface area contributed by atoms with Crippen molar-refractivity contribution in [2.75, 3.05) is 0 Å². The summed E-state index contributed by atoms with van der Waals surface area (Å²) in [5, 5.41) is 5.43. The highest BCUT2D eigenvalue weighted by Gasteiger charge is 2.14. The van der Waals surface area contributed by atoms with Crippen molar-refractivity contribution < 1.29 is 0 Å². The molecule has 2 aromatic carbocycles. The number of rotatable bonds is 4. The van der Waals surface area contributed by atoms with Crippen LogP contribution in [0.4, 0.5) is 0 Å². The van der Waals surface area contributed by atoms with Crippen LogP contribution < -0.4 is 5.32 Å². The summed E-state index contributed by atoms with van der Waals surface area (Å²) < 4.78 is 0. The topological polar surface area (TPSA) is 12.0 Å². The minimum absolute atomic E-state index is 0.146. The zero-order valence-corrected chi connectivity index (χ0v) is 13.6. The predicted molar refractivity (Wildman–Crippen MR) is 87.9 cm³/mol. The average molecular weight is 329 g/mol. The van der Waals surface area contributed by atoms with Crippen molar-refractivity contribution in [2.45, 2.75) is 25.9 Å². The lowest BCUT2D eigenvalue weighted by Crippen LogP contribution is -2.22. The summed E-state index contributed by atoms with van der Waals surface area (Å²) in [5.41, 5.74) is 2.18. The van der Waals surface area contributed by atoms with Gasteiger partial charge in [-0.3, -0.25) is 0 Å². The number of halogens is 3. The van der Waals surface area contributed by atoms with Crippen LogP contribution >= 0.6 is 34.8 Å². The van der Waals surface area contributed by atoms with E-state index in [2.05, 4.69) is 19.2 Å². The molecule has 20 heavy (non-hydrogen) atoms. The van der Waals surface area contributed by atoms with E-state index in [0.717, 1.165) is 16.1 Å². The normalized spacial score (nSPS) is 14.1. The first-order valence-electron chi connectivity index (χ1n) is 6.44. The lowest BCUT2D eigenvalue weighted by Gasteiger charge is -2.22. The van der Waals surface area contributed by atoms with E-state index in [-0.39, 0.29) is 12.1 Å². The molecule has 0 aliphatic rings. The molecule has 1 N–H and O–H groups in total. The Balaban J connectivity index is 2.13. The third-order valence-electron chi connectivity index (χ3n) is 3.32. The molecule has 0 saturated carbocycles. The Morgan fingerprint density at radius 1 is 0.800 bits per heavy atom. The van der Waals surface area contributed by atoms with Crippen molar-refractivity contribution in [2.24, 2.45) is 0 Å². The number of hydrogen-bond donors (Lipinski definition) is 1. The highest BCUT2D eigenvalue weighted by atomic mass is 35.5. The largest absolute Gasteiger partial charge is 0.304 e. The van der Waals surface area contributed by atoms with Gasteiger partial charge >= 0.3 is 0 Å². The fourth-order valence-electron chi connectivity index (χ4n) is 2.17. The minimum Gasteiger partial charge on any atom is -0.304 e. The van der Waals surface area contributed by atoms with Gasteiger partial charge in [-0.15, -0.1) is 0 Å². The van der Waals surface area contributed by atoms with Crippen molar-refractivity contribution >= 4 is 34.8 Å². The zero-order valence-electron chi connectivity index (χ0n) is 11.3. The van der Waals surface area contributed by atoms with E-state index in [1.54, 1.807) is 0 Å². The van der Waals surface area contributed by atoms with Gasteiger partial charge in [0.25, 0.3) is 0 Å². The molecule has 106 valence electrons. The van der Waals surface area contributed by atoms with Crippen molar-refractivity contribution in [3.63, 3.8) is 0 Å². The molecular formula is C16H16Cl3N. The average Bonchev–Trinajstić information content (AvgIpc) is 2.42. The van der Waals surface area contributed by atoms with Crippen LogP contribution in [0, 0.1) is 0 Å². The molecule has 0 amide bonds. The van der Waals surface area contributed by atoms with Gasteiger partial charge in [-0.25, -0.2) is 0 Å². The van der Waals surface area contributed by atoms with E-state index >= 15 is 0 Å². The Labute approximate surface area is 134 Å². The molecule has 0 aliphatic heterocycles. The second kappa shape index (κ2) is 6.82. The first-order chi connectivity index (χ1) is 9.49. The van der Waals surface area contributed by atoms with E-state index in [4.69, 9.17) is 34.8 Å². The summed E-state index contributed by atoms with van der Waals surface area (Å²) in [4.78, 5) is 0. The van der Waals surface area contributed by atoms with Crippen molar-refractivity contribution in [3.8, 4) is 0 Å². The minimum atomic E-state index is 0.146. The van der Waals surface area contributed by atoms with E-state index in [0.29, 0.717) is 10.0 Å². The van der Waals surface area contributed by atoms with Gasteiger partial charge in [0.1, 0.15) is 0 Å². The van der Waals surface area contributed by atoms with Crippen LogP contribution in [0.15, 0.2) is 42.5 Å². The molecule has 1 nitrogen and oxygen atoms in total. The fourth-order valence-corrected chi connectivity index (χ4v) is 2.77. The van der Waals surface area contributed by atoms with E-state index in [1.807, 2.05) is 42.5 Å². The van der Waals surface area contributed by atoms with Crippen molar-refractivity contribution in [3.05, 3.63) is 68.7 Å². The van der Waals surface area contributed by atoms with E-state index < -0.39 is 0 Å². The number of nitrogens with one attached hydrogen (secondary N) is 1. The number of benzene rings is 2. The van der Waals surface area contributed by atoms with E-state index in [1.165, 1.54) is 0 Å². The zero-order chi connectivity index (χ0) is 14.7. The highest BCUT2D eigenvalue weighted by molar-refractivity contribution is 6.42. The molecule has 2 unspecified atom stereocenters. The molecule has 0 bridgehead atoms. The van der Waals surface area contributed by atoms with Gasteiger partial charge in [0.15, 0.2) is 0 Å². The van der Waals surface area contributed by atoms with Crippen LogP contribution in [-0.4, -0.2) is 0 Å². The Morgan fingerprint density at radius 2 is 1.50 bits per heavy atom. The Kier molecular flexibility index (Phi) is 5.34. The second-order valence-electron chi connectivity index (χ2n) is 4.81. The van der Waals surface area contributed by atoms with Gasteiger partial charge in [0, 0.05) is 17.1 Å². The fraction of sp³-hybridized carbons (Fsp3) is 0.250. The van der Waals surface area contributed by atoms with Crippen LogP contribution in [0.25, 0.3) is 0 Å². The van der Waals surface area contributed by atoms with Gasteiger partial charge in [-0.2, -0.15) is 0 Å². The molecule has 2 aromatic rings. The third kappa shape index (κ3) is 3.67. The standard InChI is InChI=1S/C16H16Cl3N/c1-10(12-7-8-15(18)16(19)9-12)20-11(2)13-5-3-4-6-14(13)17/h3-11,20H,1-2H3. The summed E-state index contributed by atoms with van der Waals surface area (Å²) >= 11 is 18.2. The maximum absolute atomic E-state index is 6.22. The molecule has 0 fully saturated rings. The van der Waals surface area contributed by atoms with Gasteiger partial charge in [0.05, 0.1) is 10.0 Å². The monoisotopic (exact) mass is 327 g/mol. The lowest BCUT2D eigenvalue weighted by atomic mass is 10.0.